The number of thiazole rings is 1. The minimum absolute atomic E-state index is 0.319. The van der Waals surface area contributed by atoms with Crippen molar-refractivity contribution in [3.8, 4) is 17.0 Å². The van der Waals surface area contributed by atoms with Gasteiger partial charge in [-0.05, 0) is 25.0 Å². The maximum atomic E-state index is 14.1. The Bertz CT molecular complexity index is 635. The number of benzene rings is 1. The van der Waals surface area contributed by atoms with Crippen molar-refractivity contribution in [2.24, 2.45) is 5.73 Å². The van der Waals surface area contributed by atoms with Crippen LogP contribution in [0.1, 0.15) is 37.1 Å². The minimum Gasteiger partial charge on any atom is -0.496 e. The molecule has 1 saturated carbocycles. The highest BCUT2D eigenvalue weighted by atomic mass is 32.1. The molecular weight excluding hydrogens is 287 g/mol. The van der Waals surface area contributed by atoms with Gasteiger partial charge in [-0.15, -0.1) is 11.3 Å². The van der Waals surface area contributed by atoms with E-state index in [-0.39, 0.29) is 11.4 Å². The van der Waals surface area contributed by atoms with Crippen LogP contribution in [0.25, 0.3) is 11.3 Å². The molecule has 0 spiro atoms. The van der Waals surface area contributed by atoms with E-state index < -0.39 is 0 Å². The summed E-state index contributed by atoms with van der Waals surface area (Å²) in [6.07, 6.45) is 5.41. The molecule has 0 radical (unpaired) electrons. The second-order valence-corrected chi connectivity index (χ2v) is 6.43. The molecule has 3 nitrogen and oxygen atoms in total. The summed E-state index contributed by atoms with van der Waals surface area (Å²) in [7, 11) is 1.54. The molecule has 2 N–H and O–H groups in total. The first kappa shape index (κ1) is 14.5. The van der Waals surface area contributed by atoms with E-state index in [2.05, 4.69) is 4.98 Å². The first-order valence-electron chi connectivity index (χ1n) is 7.22. The van der Waals surface area contributed by atoms with Crippen molar-refractivity contribution in [1.82, 2.24) is 4.98 Å². The van der Waals surface area contributed by atoms with Gasteiger partial charge in [-0.3, -0.25) is 0 Å². The molecule has 0 amide bonds. The van der Waals surface area contributed by atoms with Gasteiger partial charge in [0.15, 0.2) is 0 Å². The first-order chi connectivity index (χ1) is 10.1. The van der Waals surface area contributed by atoms with Crippen molar-refractivity contribution < 1.29 is 9.13 Å². The van der Waals surface area contributed by atoms with Crippen molar-refractivity contribution in [3.05, 3.63) is 34.4 Å². The fourth-order valence-corrected chi connectivity index (χ4v) is 3.92. The van der Waals surface area contributed by atoms with E-state index in [1.807, 2.05) is 5.38 Å². The summed E-state index contributed by atoms with van der Waals surface area (Å²) in [6.45, 7) is 0. The number of aromatic nitrogens is 1. The number of hydrogen-bond donors (Lipinski definition) is 1. The number of nitrogens with two attached hydrogens (primary N) is 1. The maximum absolute atomic E-state index is 14.1. The Morgan fingerprint density at radius 3 is 2.76 bits per heavy atom. The van der Waals surface area contributed by atoms with E-state index in [1.165, 1.54) is 30.9 Å². The van der Waals surface area contributed by atoms with Crippen LogP contribution in [0.3, 0.4) is 0 Å². The number of rotatable bonds is 3. The fraction of sp³-hybridized carbons (Fsp3) is 0.438. The Labute approximate surface area is 128 Å². The molecule has 0 bridgehead atoms. The summed E-state index contributed by atoms with van der Waals surface area (Å²) in [5.74, 6) is 0.183. The molecule has 1 aliphatic rings. The van der Waals surface area contributed by atoms with Crippen molar-refractivity contribution in [2.75, 3.05) is 7.11 Å². The summed E-state index contributed by atoms with van der Waals surface area (Å²) in [5.41, 5.74) is 7.19. The van der Waals surface area contributed by atoms with Crippen LogP contribution in [0.15, 0.2) is 23.6 Å². The van der Waals surface area contributed by atoms with Crippen LogP contribution in [0.5, 0.6) is 5.75 Å². The van der Waals surface area contributed by atoms with Crippen LogP contribution in [0, 0.1) is 5.82 Å². The quantitative estimate of drug-likeness (QED) is 0.929. The van der Waals surface area contributed by atoms with Crippen molar-refractivity contribution >= 4 is 11.3 Å². The third-order valence-electron chi connectivity index (χ3n) is 4.13. The summed E-state index contributed by atoms with van der Waals surface area (Å²) in [5, 5.41) is 2.78. The SMILES string of the molecule is COc1cccc(F)c1-c1csc(C2(N)CCCCC2)n1. The van der Waals surface area contributed by atoms with Gasteiger partial charge in [-0.1, -0.05) is 25.3 Å². The molecule has 5 heteroatoms. The standard InChI is InChI=1S/C16H19FN2OS/c1-20-13-7-5-6-11(17)14(13)12-10-21-15(19-12)16(18)8-3-2-4-9-16/h5-7,10H,2-4,8-9,18H2,1H3. The Morgan fingerprint density at radius 2 is 2.05 bits per heavy atom. The second kappa shape index (κ2) is 5.73. The third-order valence-corrected chi connectivity index (χ3v) is 5.19. The van der Waals surface area contributed by atoms with E-state index in [1.54, 1.807) is 12.1 Å². The third kappa shape index (κ3) is 2.68. The highest BCUT2D eigenvalue weighted by Gasteiger charge is 2.32. The van der Waals surface area contributed by atoms with Crippen molar-refractivity contribution in [1.29, 1.82) is 0 Å². The van der Waals surface area contributed by atoms with E-state index in [9.17, 15) is 4.39 Å². The van der Waals surface area contributed by atoms with E-state index >= 15 is 0 Å². The van der Waals surface area contributed by atoms with E-state index in [0.717, 1.165) is 30.7 Å². The van der Waals surface area contributed by atoms with Crippen LogP contribution >= 0.6 is 11.3 Å². The number of ether oxygens (including phenoxy) is 1. The number of methoxy groups -OCH3 is 1. The van der Waals surface area contributed by atoms with Crippen LogP contribution in [-0.2, 0) is 5.54 Å². The second-order valence-electron chi connectivity index (χ2n) is 5.57. The number of nitrogens with zero attached hydrogens (tertiary/aromatic N) is 1. The lowest BCUT2D eigenvalue weighted by Crippen LogP contribution is -2.38. The topological polar surface area (TPSA) is 48.1 Å². The van der Waals surface area contributed by atoms with Gasteiger partial charge in [0.1, 0.15) is 16.6 Å². The molecule has 0 saturated heterocycles. The van der Waals surface area contributed by atoms with E-state index in [0.29, 0.717) is 17.0 Å². The van der Waals surface area contributed by atoms with Crippen LogP contribution in [0.4, 0.5) is 4.39 Å². The fourth-order valence-electron chi connectivity index (χ4n) is 2.94. The molecule has 0 unspecified atom stereocenters. The van der Waals surface area contributed by atoms with Crippen molar-refractivity contribution in [3.63, 3.8) is 0 Å². The zero-order valence-electron chi connectivity index (χ0n) is 12.1. The van der Waals surface area contributed by atoms with Gasteiger partial charge in [0.05, 0.1) is 23.9 Å². The van der Waals surface area contributed by atoms with Crippen LogP contribution in [0.2, 0.25) is 0 Å². The predicted molar refractivity (Wildman–Crippen MR) is 83.0 cm³/mol. The minimum atomic E-state index is -0.348. The van der Waals surface area contributed by atoms with Gasteiger partial charge in [0.25, 0.3) is 0 Å². The highest BCUT2D eigenvalue weighted by Crippen LogP contribution is 2.39. The normalized spacial score (nSPS) is 17.7. The molecule has 112 valence electrons. The highest BCUT2D eigenvalue weighted by molar-refractivity contribution is 7.10. The van der Waals surface area contributed by atoms with Crippen LogP contribution < -0.4 is 10.5 Å². The van der Waals surface area contributed by atoms with Gasteiger partial charge in [0.2, 0.25) is 0 Å². The molecule has 1 aliphatic carbocycles. The summed E-state index contributed by atoms with van der Waals surface area (Å²) >= 11 is 1.52. The zero-order valence-corrected chi connectivity index (χ0v) is 12.9. The Hall–Kier alpha value is -1.46. The first-order valence-corrected chi connectivity index (χ1v) is 8.10. The van der Waals surface area contributed by atoms with Gasteiger partial charge in [0, 0.05) is 5.38 Å². The smallest absolute Gasteiger partial charge is 0.136 e. The largest absolute Gasteiger partial charge is 0.496 e. The summed E-state index contributed by atoms with van der Waals surface area (Å²) < 4.78 is 19.4. The molecule has 3 rings (SSSR count). The average Bonchev–Trinajstić information content (AvgIpc) is 2.98. The lowest BCUT2D eigenvalue weighted by molar-refractivity contribution is 0.301. The van der Waals surface area contributed by atoms with E-state index in [4.69, 9.17) is 10.5 Å². The van der Waals surface area contributed by atoms with Gasteiger partial charge >= 0.3 is 0 Å². The molecule has 1 aromatic carbocycles. The molecule has 0 atom stereocenters. The Morgan fingerprint density at radius 1 is 1.29 bits per heavy atom. The lowest BCUT2D eigenvalue weighted by Gasteiger charge is -2.31. The Balaban J connectivity index is 1.99. The van der Waals surface area contributed by atoms with Gasteiger partial charge < -0.3 is 10.5 Å². The molecular formula is C16H19FN2OS. The maximum Gasteiger partial charge on any atom is 0.136 e. The van der Waals surface area contributed by atoms with Crippen LogP contribution in [-0.4, -0.2) is 12.1 Å². The van der Waals surface area contributed by atoms with Gasteiger partial charge in [-0.25, -0.2) is 9.37 Å². The average molecular weight is 306 g/mol. The molecule has 1 fully saturated rings. The molecule has 2 aromatic rings. The van der Waals surface area contributed by atoms with Gasteiger partial charge in [-0.2, -0.15) is 0 Å². The summed E-state index contributed by atoms with van der Waals surface area (Å²) in [6, 6.07) is 4.81. The number of halogens is 1. The zero-order chi connectivity index (χ0) is 14.9. The lowest BCUT2D eigenvalue weighted by atomic mass is 9.83. The molecule has 0 aliphatic heterocycles. The molecule has 1 aromatic heterocycles. The predicted octanol–water partition coefficient (Wildman–Crippen LogP) is 4.08. The monoisotopic (exact) mass is 306 g/mol. The molecule has 21 heavy (non-hydrogen) atoms. The van der Waals surface area contributed by atoms with Crippen molar-refractivity contribution in [2.45, 2.75) is 37.6 Å². The molecule has 1 heterocycles. The number of hydrogen-bond acceptors (Lipinski definition) is 4. The summed E-state index contributed by atoms with van der Waals surface area (Å²) in [4.78, 5) is 4.62. The Kier molecular flexibility index (Phi) is 3.95.